The number of fused-ring (bicyclic) bond motifs is 2. The van der Waals surface area contributed by atoms with Crippen LogP contribution in [-0.4, -0.2) is 37.0 Å². The number of hydrogen-bond donors (Lipinski definition) is 1. The largest absolute Gasteiger partial charge is 0.462 e. The van der Waals surface area contributed by atoms with Crippen molar-refractivity contribution in [3.8, 4) is 11.1 Å². The zero-order chi connectivity index (χ0) is 23.0. The summed E-state index contributed by atoms with van der Waals surface area (Å²) in [6.07, 6.45) is 0. The number of imide groups is 1. The monoisotopic (exact) mass is 449 g/mol. The number of ether oxygens (including phenoxy) is 2. The van der Waals surface area contributed by atoms with E-state index in [1.54, 1.807) is 50.2 Å². The van der Waals surface area contributed by atoms with Crippen LogP contribution in [-0.2, 0) is 9.47 Å². The van der Waals surface area contributed by atoms with Gasteiger partial charge in [0.2, 0.25) is 0 Å². The van der Waals surface area contributed by atoms with Gasteiger partial charge in [-0.3, -0.25) is 9.59 Å². The van der Waals surface area contributed by atoms with Crippen molar-refractivity contribution < 1.29 is 28.7 Å². The van der Waals surface area contributed by atoms with Crippen LogP contribution < -0.4 is 4.90 Å². The molecule has 3 aliphatic rings. The molecule has 0 fully saturated rings. The standard InChI is InChI=1S/C24H19NO6S/c1-3-30-23(28)18-14-11-7-8-13(32)12-17(14)19(24(29)31-4-2)20(18)25-21(26)15-9-5-6-10-16(15)22(25)27/h5-12,32H,3-4H2,1-2H3. The Labute approximate surface area is 189 Å². The number of benzene rings is 1. The van der Waals surface area contributed by atoms with Gasteiger partial charge in [0.05, 0.1) is 41.2 Å². The Kier molecular flexibility index (Phi) is 5.71. The van der Waals surface area contributed by atoms with Crippen molar-refractivity contribution in [2.45, 2.75) is 18.7 Å². The summed E-state index contributed by atoms with van der Waals surface area (Å²) in [6.45, 7) is 3.41. The first-order chi connectivity index (χ1) is 15.4. The highest BCUT2D eigenvalue weighted by molar-refractivity contribution is 7.80. The molecule has 0 saturated heterocycles. The van der Waals surface area contributed by atoms with Gasteiger partial charge in [0.1, 0.15) is 0 Å². The van der Waals surface area contributed by atoms with Crippen LogP contribution in [0.3, 0.4) is 0 Å². The van der Waals surface area contributed by atoms with E-state index in [1.165, 1.54) is 12.1 Å². The van der Waals surface area contributed by atoms with E-state index in [2.05, 4.69) is 12.6 Å². The van der Waals surface area contributed by atoms with Crippen LogP contribution in [0.25, 0.3) is 11.1 Å². The number of nitrogens with zero attached hydrogens (tertiary/aromatic N) is 1. The van der Waals surface area contributed by atoms with Gasteiger partial charge in [-0.2, -0.15) is 0 Å². The summed E-state index contributed by atoms with van der Waals surface area (Å²) < 4.78 is 10.5. The van der Waals surface area contributed by atoms with Crippen molar-refractivity contribution in [3.05, 3.63) is 70.8 Å². The molecule has 32 heavy (non-hydrogen) atoms. The van der Waals surface area contributed by atoms with E-state index in [1.807, 2.05) is 0 Å². The molecule has 162 valence electrons. The summed E-state index contributed by atoms with van der Waals surface area (Å²) in [5, 5.41) is 0. The molecule has 0 aromatic heterocycles. The molecule has 1 aromatic rings. The summed E-state index contributed by atoms with van der Waals surface area (Å²) in [4.78, 5) is 54.0. The van der Waals surface area contributed by atoms with Crippen LogP contribution in [0, 0.1) is 0 Å². The fourth-order valence-corrected chi connectivity index (χ4v) is 4.06. The normalized spacial score (nSPS) is 12.8. The molecular formula is C24H19NO6S. The van der Waals surface area contributed by atoms with Crippen LogP contribution >= 0.6 is 12.6 Å². The lowest BCUT2D eigenvalue weighted by atomic mass is 10.1. The quantitative estimate of drug-likeness (QED) is 0.356. The lowest BCUT2D eigenvalue weighted by molar-refractivity contribution is 0.0525. The van der Waals surface area contributed by atoms with E-state index in [9.17, 15) is 19.2 Å². The average Bonchev–Trinajstić information content (AvgIpc) is 3.11. The predicted molar refractivity (Wildman–Crippen MR) is 120 cm³/mol. The van der Waals surface area contributed by atoms with Crippen molar-refractivity contribution in [1.82, 2.24) is 0 Å². The lowest BCUT2D eigenvalue weighted by Crippen LogP contribution is -2.32. The molecule has 0 spiro atoms. The highest BCUT2D eigenvalue weighted by Crippen LogP contribution is 2.46. The molecule has 0 radical (unpaired) electrons. The van der Waals surface area contributed by atoms with Crippen LogP contribution in [0.4, 0.5) is 5.69 Å². The van der Waals surface area contributed by atoms with Gasteiger partial charge in [-0.05, 0) is 43.7 Å². The second kappa shape index (κ2) is 8.47. The highest BCUT2D eigenvalue weighted by Gasteiger charge is 2.44. The van der Waals surface area contributed by atoms with E-state index in [0.717, 1.165) is 4.90 Å². The van der Waals surface area contributed by atoms with Gasteiger partial charge in [-0.15, -0.1) is 12.6 Å². The number of hydrogen-bond acceptors (Lipinski definition) is 7. The maximum Gasteiger partial charge on any atom is 0.340 e. The van der Waals surface area contributed by atoms with Crippen LogP contribution in [0.1, 0.15) is 55.3 Å². The van der Waals surface area contributed by atoms with Gasteiger partial charge >= 0.3 is 11.9 Å². The number of carbonyl (C=O) groups is 4. The smallest absolute Gasteiger partial charge is 0.340 e. The zero-order valence-electron chi connectivity index (χ0n) is 17.4. The molecule has 0 N–H and O–H groups in total. The molecule has 2 amide bonds. The number of esters is 2. The summed E-state index contributed by atoms with van der Waals surface area (Å²) >= 11 is 4.38. The van der Waals surface area contributed by atoms with Gasteiger partial charge in [0.25, 0.3) is 11.8 Å². The van der Waals surface area contributed by atoms with Crippen LogP contribution in [0.2, 0.25) is 0 Å². The number of thiol groups is 1. The number of anilines is 1. The van der Waals surface area contributed by atoms with Gasteiger partial charge in [-0.1, -0.05) is 24.3 Å². The minimum atomic E-state index is -0.765. The first kappa shape index (κ1) is 21.6. The van der Waals surface area contributed by atoms with Gasteiger partial charge in [-0.25, -0.2) is 14.5 Å². The van der Waals surface area contributed by atoms with E-state index < -0.39 is 23.8 Å². The third-order valence-electron chi connectivity index (χ3n) is 5.10. The second-order valence-corrected chi connectivity index (χ2v) is 7.47. The van der Waals surface area contributed by atoms with Crippen molar-refractivity contribution in [1.29, 1.82) is 0 Å². The predicted octanol–water partition coefficient (Wildman–Crippen LogP) is 4.23. The maximum absolute atomic E-state index is 13.3. The Morgan fingerprint density at radius 3 is 1.81 bits per heavy atom. The summed E-state index contributed by atoms with van der Waals surface area (Å²) in [7, 11) is 0. The zero-order valence-corrected chi connectivity index (χ0v) is 18.3. The molecule has 0 saturated carbocycles. The van der Waals surface area contributed by atoms with Crippen LogP contribution in [0.15, 0.2) is 53.4 Å². The first-order valence-electron chi connectivity index (χ1n) is 10.0. The van der Waals surface area contributed by atoms with E-state index >= 15 is 0 Å². The molecule has 1 aliphatic heterocycles. The van der Waals surface area contributed by atoms with E-state index in [0.29, 0.717) is 16.0 Å². The fraction of sp³-hybridized carbons (Fsp3) is 0.167. The molecule has 1 heterocycles. The average molecular weight is 449 g/mol. The fourth-order valence-electron chi connectivity index (χ4n) is 3.85. The maximum atomic E-state index is 13.3. The molecule has 1 aromatic carbocycles. The minimum Gasteiger partial charge on any atom is -0.462 e. The van der Waals surface area contributed by atoms with Gasteiger partial charge in [0, 0.05) is 10.5 Å². The molecule has 0 atom stereocenters. The minimum absolute atomic E-state index is 0.0525. The van der Waals surface area contributed by atoms with Gasteiger partial charge in [0.15, 0.2) is 0 Å². The topological polar surface area (TPSA) is 90.0 Å². The summed E-state index contributed by atoms with van der Waals surface area (Å²) in [6, 6.07) is 12.9. The Hall–Kier alpha value is -3.65. The molecule has 7 nitrogen and oxygen atoms in total. The Morgan fingerprint density at radius 2 is 1.28 bits per heavy atom. The Bertz CT molecular complexity index is 1220. The van der Waals surface area contributed by atoms with Gasteiger partial charge < -0.3 is 9.47 Å². The molecule has 0 unspecified atom stereocenters. The Balaban J connectivity index is 2.09. The van der Waals surface area contributed by atoms with Crippen molar-refractivity contribution in [2.75, 3.05) is 18.1 Å². The van der Waals surface area contributed by atoms with Crippen molar-refractivity contribution in [2.24, 2.45) is 0 Å². The summed E-state index contributed by atoms with van der Waals surface area (Å²) in [5.41, 5.74) is 0.795. The Morgan fingerprint density at radius 1 is 0.781 bits per heavy atom. The third kappa shape index (κ3) is 3.33. The number of carbonyl (C=O) groups excluding carboxylic acids is 4. The SMILES string of the molecule is CCOC(=O)c1c2cccc(S)cc-2c(C(=O)OCC)c1N1C(=O)c2ccccc2C1=O. The molecule has 8 heteroatoms. The lowest BCUT2D eigenvalue weighted by Gasteiger charge is -2.17. The molecule has 0 bridgehead atoms. The van der Waals surface area contributed by atoms with Crippen molar-refractivity contribution in [3.63, 3.8) is 0 Å². The van der Waals surface area contributed by atoms with E-state index in [-0.39, 0.29) is 41.2 Å². The third-order valence-corrected chi connectivity index (χ3v) is 5.38. The second-order valence-electron chi connectivity index (χ2n) is 6.95. The number of rotatable bonds is 5. The number of amides is 2. The first-order valence-corrected chi connectivity index (χ1v) is 10.5. The summed E-state index contributed by atoms with van der Waals surface area (Å²) in [5.74, 6) is -2.79. The molecule has 2 aliphatic carbocycles. The van der Waals surface area contributed by atoms with Crippen LogP contribution in [0.5, 0.6) is 0 Å². The van der Waals surface area contributed by atoms with Crippen molar-refractivity contribution >= 4 is 42.1 Å². The molecule has 4 rings (SSSR count). The molecular weight excluding hydrogens is 430 g/mol. The van der Waals surface area contributed by atoms with E-state index in [4.69, 9.17) is 9.47 Å². The highest BCUT2D eigenvalue weighted by atomic mass is 32.1.